The van der Waals surface area contributed by atoms with Gasteiger partial charge in [-0.25, -0.2) is 0 Å². The summed E-state index contributed by atoms with van der Waals surface area (Å²) in [6.07, 6.45) is 0. The number of phenols is 1. The number of hydrogen-bond acceptors (Lipinski definition) is 5. The zero-order valence-corrected chi connectivity index (χ0v) is 11.5. The molecule has 0 fully saturated rings. The SMILES string of the molecule is OCc1cc(-c2ccccc2O)c(CO)c(CO)c1CO. The van der Waals surface area contributed by atoms with Crippen molar-refractivity contribution in [2.24, 2.45) is 0 Å². The van der Waals surface area contributed by atoms with Crippen molar-refractivity contribution < 1.29 is 25.5 Å². The van der Waals surface area contributed by atoms with Gasteiger partial charge in [-0.15, -0.1) is 0 Å². The van der Waals surface area contributed by atoms with E-state index in [9.17, 15) is 25.5 Å². The van der Waals surface area contributed by atoms with Crippen molar-refractivity contribution in [3.63, 3.8) is 0 Å². The Morgan fingerprint density at radius 2 is 1.29 bits per heavy atom. The Bertz CT molecular complexity index is 637. The Morgan fingerprint density at radius 1 is 0.667 bits per heavy atom. The molecule has 0 aliphatic heterocycles. The summed E-state index contributed by atoms with van der Waals surface area (Å²) in [7, 11) is 0. The Hall–Kier alpha value is -1.92. The summed E-state index contributed by atoms with van der Waals surface area (Å²) in [4.78, 5) is 0. The number of phenolic OH excluding ortho intramolecular Hbond substituents is 1. The molecule has 0 aromatic heterocycles. The maximum absolute atomic E-state index is 9.98. The van der Waals surface area contributed by atoms with E-state index in [-0.39, 0.29) is 32.2 Å². The van der Waals surface area contributed by atoms with Gasteiger partial charge in [-0.3, -0.25) is 0 Å². The van der Waals surface area contributed by atoms with Crippen molar-refractivity contribution in [2.75, 3.05) is 0 Å². The molecule has 0 spiro atoms. The molecule has 112 valence electrons. The van der Waals surface area contributed by atoms with Gasteiger partial charge >= 0.3 is 0 Å². The number of aliphatic hydroxyl groups excluding tert-OH is 4. The van der Waals surface area contributed by atoms with Crippen molar-refractivity contribution in [3.05, 3.63) is 52.6 Å². The van der Waals surface area contributed by atoms with Crippen LogP contribution < -0.4 is 0 Å². The molecular formula is C16H18O5. The largest absolute Gasteiger partial charge is 0.507 e. The van der Waals surface area contributed by atoms with Crippen molar-refractivity contribution in [3.8, 4) is 16.9 Å². The molecule has 5 N–H and O–H groups in total. The molecular weight excluding hydrogens is 272 g/mol. The van der Waals surface area contributed by atoms with Crippen molar-refractivity contribution >= 4 is 0 Å². The molecule has 5 heteroatoms. The van der Waals surface area contributed by atoms with Crippen LogP contribution in [-0.4, -0.2) is 25.5 Å². The minimum atomic E-state index is -0.375. The normalized spacial score (nSPS) is 10.9. The van der Waals surface area contributed by atoms with Crippen LogP contribution in [0.25, 0.3) is 11.1 Å². The Labute approximate surface area is 122 Å². The molecule has 0 saturated carbocycles. The lowest BCUT2D eigenvalue weighted by molar-refractivity contribution is 0.240. The second kappa shape index (κ2) is 6.69. The highest BCUT2D eigenvalue weighted by atomic mass is 16.3. The first-order valence-corrected chi connectivity index (χ1v) is 6.56. The van der Waals surface area contributed by atoms with Crippen LogP contribution in [0.4, 0.5) is 0 Å². The minimum absolute atomic E-state index is 0.0386. The summed E-state index contributed by atoms with van der Waals surface area (Å²) in [5.41, 5.74) is 2.70. The van der Waals surface area contributed by atoms with Crippen LogP contribution in [0.5, 0.6) is 5.75 Å². The highest BCUT2D eigenvalue weighted by molar-refractivity contribution is 5.75. The molecule has 5 nitrogen and oxygen atoms in total. The average Bonchev–Trinajstić information content (AvgIpc) is 2.53. The molecule has 2 rings (SSSR count). The van der Waals surface area contributed by atoms with Crippen molar-refractivity contribution in [1.29, 1.82) is 0 Å². The molecule has 0 aliphatic rings. The smallest absolute Gasteiger partial charge is 0.123 e. The second-order valence-corrected chi connectivity index (χ2v) is 4.67. The Kier molecular flexibility index (Phi) is 4.93. The van der Waals surface area contributed by atoms with Gasteiger partial charge in [-0.1, -0.05) is 18.2 Å². The van der Waals surface area contributed by atoms with Crippen LogP contribution in [0, 0.1) is 0 Å². The van der Waals surface area contributed by atoms with Crippen LogP contribution >= 0.6 is 0 Å². The summed E-state index contributed by atoms with van der Waals surface area (Å²) in [5, 5.41) is 48.1. The topological polar surface area (TPSA) is 101 Å². The zero-order valence-electron chi connectivity index (χ0n) is 11.5. The fourth-order valence-corrected chi connectivity index (χ4v) is 2.54. The lowest BCUT2D eigenvalue weighted by atomic mass is 9.89. The third-order valence-electron chi connectivity index (χ3n) is 3.60. The third kappa shape index (κ3) is 2.77. The van der Waals surface area contributed by atoms with E-state index < -0.39 is 0 Å². The predicted molar refractivity (Wildman–Crippen MR) is 77.2 cm³/mol. The second-order valence-electron chi connectivity index (χ2n) is 4.67. The lowest BCUT2D eigenvalue weighted by Crippen LogP contribution is -2.07. The predicted octanol–water partition coefficient (Wildman–Crippen LogP) is 1.03. The van der Waals surface area contributed by atoms with E-state index in [4.69, 9.17) is 0 Å². The van der Waals surface area contributed by atoms with Gasteiger partial charge in [0, 0.05) is 5.56 Å². The summed E-state index contributed by atoms with van der Waals surface area (Å²) in [5.74, 6) is 0.0386. The van der Waals surface area contributed by atoms with Crippen LogP contribution in [0.1, 0.15) is 22.3 Å². The number of para-hydroxylation sites is 1. The van der Waals surface area contributed by atoms with E-state index >= 15 is 0 Å². The maximum Gasteiger partial charge on any atom is 0.123 e. The van der Waals surface area contributed by atoms with Gasteiger partial charge in [0.05, 0.1) is 26.4 Å². The Balaban J connectivity index is 2.80. The van der Waals surface area contributed by atoms with Gasteiger partial charge in [0.1, 0.15) is 5.75 Å². The first-order chi connectivity index (χ1) is 10.2. The van der Waals surface area contributed by atoms with Gasteiger partial charge in [-0.05, 0) is 39.9 Å². The lowest BCUT2D eigenvalue weighted by Gasteiger charge is -2.19. The first kappa shape index (κ1) is 15.5. The van der Waals surface area contributed by atoms with Gasteiger partial charge in [0.15, 0.2) is 0 Å². The fourth-order valence-electron chi connectivity index (χ4n) is 2.54. The van der Waals surface area contributed by atoms with Crippen LogP contribution in [-0.2, 0) is 26.4 Å². The van der Waals surface area contributed by atoms with E-state index in [0.717, 1.165) is 0 Å². The highest BCUT2D eigenvalue weighted by Crippen LogP contribution is 2.36. The molecule has 0 bridgehead atoms. The number of hydrogen-bond donors (Lipinski definition) is 5. The van der Waals surface area contributed by atoms with E-state index in [1.54, 1.807) is 24.3 Å². The zero-order chi connectivity index (χ0) is 15.4. The number of aromatic hydroxyl groups is 1. The van der Waals surface area contributed by atoms with E-state index in [1.165, 1.54) is 6.07 Å². The highest BCUT2D eigenvalue weighted by Gasteiger charge is 2.18. The van der Waals surface area contributed by atoms with Crippen LogP contribution in [0.2, 0.25) is 0 Å². The summed E-state index contributed by atoms with van der Waals surface area (Å²) in [6.45, 7) is -1.38. The molecule has 0 heterocycles. The molecule has 0 unspecified atom stereocenters. The molecule has 0 aliphatic carbocycles. The molecule has 0 saturated heterocycles. The van der Waals surface area contributed by atoms with Gasteiger partial charge in [0.25, 0.3) is 0 Å². The van der Waals surface area contributed by atoms with Gasteiger partial charge in [0.2, 0.25) is 0 Å². The van der Waals surface area contributed by atoms with E-state index in [1.807, 2.05) is 0 Å². The standard InChI is InChI=1S/C16H18O5/c17-6-10-5-12(11-3-1-2-4-16(11)21)14(8-19)15(9-20)13(10)7-18/h1-5,17-21H,6-9H2. The number of aliphatic hydroxyl groups is 4. The first-order valence-electron chi connectivity index (χ1n) is 6.56. The molecule has 0 radical (unpaired) electrons. The molecule has 0 amide bonds. The quantitative estimate of drug-likeness (QED) is 0.566. The monoisotopic (exact) mass is 290 g/mol. The molecule has 0 atom stereocenters. The summed E-state index contributed by atoms with van der Waals surface area (Å²) >= 11 is 0. The molecule has 21 heavy (non-hydrogen) atoms. The molecule has 2 aromatic rings. The fraction of sp³-hybridized carbons (Fsp3) is 0.250. The third-order valence-corrected chi connectivity index (χ3v) is 3.60. The van der Waals surface area contributed by atoms with Crippen LogP contribution in [0.15, 0.2) is 30.3 Å². The van der Waals surface area contributed by atoms with Crippen LogP contribution in [0.3, 0.4) is 0 Å². The van der Waals surface area contributed by atoms with Gasteiger partial charge < -0.3 is 25.5 Å². The number of benzene rings is 2. The maximum atomic E-state index is 9.98. The average molecular weight is 290 g/mol. The Morgan fingerprint density at radius 3 is 1.81 bits per heavy atom. The van der Waals surface area contributed by atoms with Crippen molar-refractivity contribution in [2.45, 2.75) is 26.4 Å². The van der Waals surface area contributed by atoms with E-state index in [2.05, 4.69) is 0 Å². The summed E-state index contributed by atoms with van der Waals surface area (Å²) < 4.78 is 0. The molecule has 2 aromatic carbocycles. The minimum Gasteiger partial charge on any atom is -0.507 e. The summed E-state index contributed by atoms with van der Waals surface area (Å²) in [6, 6.07) is 8.25. The van der Waals surface area contributed by atoms with E-state index in [0.29, 0.717) is 33.4 Å². The van der Waals surface area contributed by atoms with Crippen molar-refractivity contribution in [1.82, 2.24) is 0 Å². The van der Waals surface area contributed by atoms with Gasteiger partial charge in [-0.2, -0.15) is 0 Å². The number of rotatable bonds is 5.